The molecule has 0 bridgehead atoms. The zero-order valence-electron chi connectivity index (χ0n) is 6.63. The molecule has 0 aromatic heterocycles. The second-order valence-corrected chi connectivity index (χ2v) is 3.73. The van der Waals surface area contributed by atoms with E-state index in [9.17, 15) is 4.79 Å². The van der Waals surface area contributed by atoms with Crippen molar-refractivity contribution in [2.75, 3.05) is 13.2 Å². The first-order chi connectivity index (χ1) is 5.18. The summed E-state index contributed by atoms with van der Waals surface area (Å²) < 4.78 is 10.8. The molecule has 2 aliphatic rings. The number of hydrogen-bond donors (Lipinski definition) is 0. The molecule has 1 aliphatic carbocycles. The van der Waals surface area contributed by atoms with E-state index >= 15 is 0 Å². The van der Waals surface area contributed by atoms with Crippen LogP contribution in [0.25, 0.3) is 0 Å². The zero-order chi connectivity index (χ0) is 7.95. The van der Waals surface area contributed by atoms with E-state index < -0.39 is 0 Å². The number of hydrogen-bond acceptors (Lipinski definition) is 3. The molecule has 2 fully saturated rings. The number of aldehydes is 1. The van der Waals surface area contributed by atoms with Crippen molar-refractivity contribution in [2.45, 2.75) is 25.6 Å². The summed E-state index contributed by atoms with van der Waals surface area (Å²) in [6.07, 6.45) is 2.45. The van der Waals surface area contributed by atoms with Crippen LogP contribution < -0.4 is 0 Å². The van der Waals surface area contributed by atoms with Crippen LogP contribution in [-0.4, -0.2) is 25.3 Å². The van der Waals surface area contributed by atoms with Crippen molar-refractivity contribution in [1.29, 1.82) is 0 Å². The van der Waals surface area contributed by atoms with Gasteiger partial charge >= 0.3 is 0 Å². The van der Waals surface area contributed by atoms with Gasteiger partial charge < -0.3 is 14.3 Å². The van der Waals surface area contributed by atoms with Gasteiger partial charge in [-0.2, -0.15) is 0 Å². The van der Waals surface area contributed by atoms with Crippen LogP contribution in [0.2, 0.25) is 0 Å². The van der Waals surface area contributed by atoms with Gasteiger partial charge in [0.1, 0.15) is 6.29 Å². The molecule has 62 valence electrons. The van der Waals surface area contributed by atoms with Gasteiger partial charge in [0, 0.05) is 18.3 Å². The molecule has 11 heavy (non-hydrogen) atoms. The third kappa shape index (κ3) is 0.993. The monoisotopic (exact) mass is 156 g/mol. The van der Waals surface area contributed by atoms with Crippen LogP contribution in [0.15, 0.2) is 0 Å². The molecule has 0 unspecified atom stereocenters. The lowest BCUT2D eigenvalue weighted by Crippen LogP contribution is -2.52. The highest BCUT2D eigenvalue weighted by molar-refractivity contribution is 5.61. The Hall–Kier alpha value is -0.410. The van der Waals surface area contributed by atoms with Gasteiger partial charge in [-0.15, -0.1) is 0 Å². The maximum absolute atomic E-state index is 10.5. The number of carbonyl (C=O) groups excluding carboxylic acids is 1. The average Bonchev–Trinajstić information content (AvgIpc) is 2.35. The molecule has 1 heterocycles. The Labute approximate surface area is 65.7 Å². The fourth-order valence-electron chi connectivity index (χ4n) is 1.96. The Kier molecular flexibility index (Phi) is 1.35. The molecule has 2 rings (SSSR count). The van der Waals surface area contributed by atoms with E-state index in [0.29, 0.717) is 13.2 Å². The summed E-state index contributed by atoms with van der Waals surface area (Å²) in [6, 6.07) is 0. The second kappa shape index (κ2) is 2.05. The molecule has 0 aromatic carbocycles. The first-order valence-corrected chi connectivity index (χ1v) is 3.92. The van der Waals surface area contributed by atoms with Crippen LogP contribution >= 0.6 is 0 Å². The predicted molar refractivity (Wildman–Crippen MR) is 38.0 cm³/mol. The van der Waals surface area contributed by atoms with Crippen molar-refractivity contribution in [3.05, 3.63) is 0 Å². The van der Waals surface area contributed by atoms with E-state index in [-0.39, 0.29) is 11.2 Å². The molecular formula is C8H12O3. The van der Waals surface area contributed by atoms with E-state index in [1.54, 1.807) is 0 Å². The van der Waals surface area contributed by atoms with Crippen molar-refractivity contribution < 1.29 is 14.3 Å². The van der Waals surface area contributed by atoms with Gasteiger partial charge in [-0.1, -0.05) is 6.92 Å². The summed E-state index contributed by atoms with van der Waals surface area (Å²) in [5.74, 6) is -0.379. The molecule has 1 spiro atoms. The molecule has 0 radical (unpaired) electrons. The van der Waals surface area contributed by atoms with Crippen molar-refractivity contribution in [2.24, 2.45) is 5.41 Å². The Balaban J connectivity index is 2.00. The molecule has 3 nitrogen and oxygen atoms in total. The average molecular weight is 156 g/mol. The highest BCUT2D eigenvalue weighted by Crippen LogP contribution is 2.51. The molecule has 0 atom stereocenters. The number of rotatable bonds is 1. The van der Waals surface area contributed by atoms with E-state index in [1.165, 1.54) is 0 Å². The fraction of sp³-hybridized carbons (Fsp3) is 0.875. The van der Waals surface area contributed by atoms with E-state index in [4.69, 9.17) is 9.47 Å². The summed E-state index contributed by atoms with van der Waals surface area (Å²) in [6.45, 7) is 3.29. The lowest BCUT2D eigenvalue weighted by atomic mass is 9.67. The van der Waals surface area contributed by atoms with E-state index in [1.807, 2.05) is 6.92 Å². The molecule has 3 heteroatoms. The Morgan fingerprint density at radius 1 is 1.27 bits per heavy atom. The lowest BCUT2D eigenvalue weighted by Gasteiger charge is -2.47. The molecular weight excluding hydrogens is 144 g/mol. The van der Waals surface area contributed by atoms with E-state index in [0.717, 1.165) is 19.1 Å². The zero-order valence-corrected chi connectivity index (χ0v) is 6.63. The lowest BCUT2D eigenvalue weighted by molar-refractivity contribution is -0.248. The van der Waals surface area contributed by atoms with Gasteiger partial charge in [-0.05, 0) is 0 Å². The van der Waals surface area contributed by atoms with Crippen LogP contribution in [0, 0.1) is 5.41 Å². The molecule has 1 saturated carbocycles. The minimum Gasteiger partial charge on any atom is -0.347 e. The van der Waals surface area contributed by atoms with Crippen LogP contribution in [-0.2, 0) is 14.3 Å². The largest absolute Gasteiger partial charge is 0.347 e. The molecule has 0 N–H and O–H groups in total. The van der Waals surface area contributed by atoms with Gasteiger partial charge in [0.05, 0.1) is 13.2 Å². The topological polar surface area (TPSA) is 35.5 Å². The van der Waals surface area contributed by atoms with Crippen LogP contribution in [0.1, 0.15) is 19.8 Å². The standard InChI is InChI=1S/C8H12O3/c1-7(6-9)4-8(5-7)10-2-3-11-8/h6H,2-5H2,1H3. The van der Waals surface area contributed by atoms with Gasteiger partial charge in [-0.3, -0.25) is 0 Å². The maximum atomic E-state index is 10.5. The molecule has 0 amide bonds. The highest BCUT2D eigenvalue weighted by Gasteiger charge is 2.56. The Bertz CT molecular complexity index is 174. The van der Waals surface area contributed by atoms with Crippen LogP contribution in [0.3, 0.4) is 0 Å². The number of carbonyl (C=O) groups is 1. The fourth-order valence-corrected chi connectivity index (χ4v) is 1.96. The van der Waals surface area contributed by atoms with Gasteiger partial charge in [0.15, 0.2) is 5.79 Å². The van der Waals surface area contributed by atoms with Crippen LogP contribution in [0.4, 0.5) is 0 Å². The van der Waals surface area contributed by atoms with Crippen molar-refractivity contribution in [3.63, 3.8) is 0 Å². The van der Waals surface area contributed by atoms with Crippen molar-refractivity contribution in [1.82, 2.24) is 0 Å². The summed E-state index contributed by atoms with van der Waals surface area (Å²) in [7, 11) is 0. The third-order valence-corrected chi connectivity index (χ3v) is 2.44. The predicted octanol–water partition coefficient (Wildman–Crippen LogP) is 0.728. The Morgan fingerprint density at radius 2 is 1.82 bits per heavy atom. The minimum absolute atomic E-state index is 0.190. The molecule has 1 aliphatic heterocycles. The molecule has 1 saturated heterocycles. The minimum atomic E-state index is -0.379. The van der Waals surface area contributed by atoms with E-state index in [2.05, 4.69) is 0 Å². The third-order valence-electron chi connectivity index (χ3n) is 2.44. The second-order valence-electron chi connectivity index (χ2n) is 3.73. The van der Waals surface area contributed by atoms with Gasteiger partial charge in [0.2, 0.25) is 0 Å². The maximum Gasteiger partial charge on any atom is 0.170 e. The Morgan fingerprint density at radius 3 is 2.27 bits per heavy atom. The van der Waals surface area contributed by atoms with Gasteiger partial charge in [-0.25, -0.2) is 0 Å². The van der Waals surface area contributed by atoms with Gasteiger partial charge in [0.25, 0.3) is 0 Å². The van der Waals surface area contributed by atoms with Crippen LogP contribution in [0.5, 0.6) is 0 Å². The quantitative estimate of drug-likeness (QED) is 0.525. The normalized spacial score (nSPS) is 31.7. The summed E-state index contributed by atoms with van der Waals surface area (Å²) >= 11 is 0. The summed E-state index contributed by atoms with van der Waals surface area (Å²) in [5.41, 5.74) is -0.190. The first-order valence-electron chi connectivity index (χ1n) is 3.92. The van der Waals surface area contributed by atoms with Crippen molar-refractivity contribution >= 4 is 6.29 Å². The number of ether oxygens (including phenoxy) is 2. The van der Waals surface area contributed by atoms with Crippen molar-refractivity contribution in [3.8, 4) is 0 Å². The first kappa shape index (κ1) is 7.25. The molecule has 0 aromatic rings. The summed E-state index contributed by atoms with van der Waals surface area (Å²) in [5, 5.41) is 0. The SMILES string of the molecule is CC1(C=O)CC2(C1)OCCO2. The highest BCUT2D eigenvalue weighted by atomic mass is 16.7. The smallest absolute Gasteiger partial charge is 0.170 e. The summed E-state index contributed by atoms with van der Waals surface area (Å²) in [4.78, 5) is 10.5.